The fourth-order valence-corrected chi connectivity index (χ4v) is 2.03. The highest BCUT2D eigenvalue weighted by molar-refractivity contribution is 5.93. The maximum absolute atomic E-state index is 13.1. The molecule has 0 radical (unpaired) electrons. The van der Waals surface area contributed by atoms with Crippen molar-refractivity contribution < 1.29 is 40.8 Å². The van der Waals surface area contributed by atoms with Crippen molar-refractivity contribution in [2.75, 3.05) is 6.61 Å². The van der Waals surface area contributed by atoms with Crippen LogP contribution in [0.15, 0.2) is 12.1 Å². The number of imidazole rings is 1. The molecule has 13 heteroatoms. The average molecular weight is 371 g/mol. The first-order valence-corrected chi connectivity index (χ1v) is 6.40. The highest BCUT2D eigenvalue weighted by Crippen LogP contribution is 2.39. The van der Waals surface area contributed by atoms with E-state index >= 15 is 0 Å². The Morgan fingerprint density at radius 3 is 2.28 bits per heavy atom. The number of alkyl halides is 6. The maximum Gasteiger partial charge on any atom is 0.450 e. The van der Waals surface area contributed by atoms with Crippen molar-refractivity contribution in [3.05, 3.63) is 33.6 Å². The Kier molecular flexibility index (Phi) is 4.36. The van der Waals surface area contributed by atoms with Crippen molar-refractivity contribution in [1.29, 1.82) is 0 Å². The molecule has 0 amide bonds. The highest BCUT2D eigenvalue weighted by atomic mass is 19.4. The van der Waals surface area contributed by atoms with Gasteiger partial charge in [0.1, 0.15) is 0 Å². The van der Waals surface area contributed by atoms with Gasteiger partial charge in [-0.1, -0.05) is 0 Å². The summed E-state index contributed by atoms with van der Waals surface area (Å²) in [6.07, 6.45) is -12.0. The Hall–Kier alpha value is -2.86. The van der Waals surface area contributed by atoms with Gasteiger partial charge in [-0.05, 0) is 13.0 Å². The van der Waals surface area contributed by atoms with Gasteiger partial charge in [-0.2, -0.15) is 26.3 Å². The van der Waals surface area contributed by atoms with Gasteiger partial charge in [-0.25, -0.2) is 14.3 Å². The summed E-state index contributed by atoms with van der Waals surface area (Å²) in [4.78, 5) is 24.4. The van der Waals surface area contributed by atoms with Crippen molar-refractivity contribution in [1.82, 2.24) is 9.55 Å². The van der Waals surface area contributed by atoms with Crippen molar-refractivity contribution >= 4 is 22.8 Å². The summed E-state index contributed by atoms with van der Waals surface area (Å²) in [5, 5.41) is 11.0. The van der Waals surface area contributed by atoms with Crippen LogP contribution in [0.4, 0.5) is 36.8 Å². The quantitative estimate of drug-likeness (QED) is 0.453. The molecule has 0 aliphatic carbocycles. The van der Waals surface area contributed by atoms with Gasteiger partial charge in [-0.3, -0.25) is 10.1 Å². The molecule has 1 aromatic heterocycles. The lowest BCUT2D eigenvalue weighted by Crippen LogP contribution is -2.22. The van der Waals surface area contributed by atoms with E-state index in [0.29, 0.717) is 0 Å². The van der Waals surface area contributed by atoms with Crippen LogP contribution in [0.2, 0.25) is 0 Å². The second kappa shape index (κ2) is 5.89. The molecule has 0 spiro atoms. The molecule has 2 aromatic rings. The third-order valence-electron chi connectivity index (χ3n) is 2.97. The van der Waals surface area contributed by atoms with Gasteiger partial charge < -0.3 is 4.74 Å². The van der Waals surface area contributed by atoms with E-state index in [1.807, 2.05) is 0 Å². The van der Waals surface area contributed by atoms with E-state index in [0.717, 1.165) is 0 Å². The number of hydrogen-bond donors (Lipinski definition) is 0. The summed E-state index contributed by atoms with van der Waals surface area (Å²) in [5.74, 6) is -1.93. The maximum atomic E-state index is 13.1. The van der Waals surface area contributed by atoms with Gasteiger partial charge in [0.2, 0.25) is 5.82 Å². The molecule has 1 heterocycles. The number of benzene rings is 1. The Labute approximate surface area is 133 Å². The number of fused-ring (bicyclic) bond motifs is 1. The van der Waals surface area contributed by atoms with E-state index in [9.17, 15) is 41.3 Å². The molecule has 0 aliphatic heterocycles. The van der Waals surface area contributed by atoms with Crippen LogP contribution >= 0.6 is 0 Å². The van der Waals surface area contributed by atoms with Crippen LogP contribution in [0.3, 0.4) is 0 Å². The summed E-state index contributed by atoms with van der Waals surface area (Å²) in [6, 6.07) is 0.215. The number of nitro benzene ring substituents is 1. The predicted octanol–water partition coefficient (Wildman–Crippen LogP) is 3.99. The smallest absolute Gasteiger partial charge is 0.449 e. The molecule has 0 aliphatic rings. The molecule has 2 rings (SSSR count). The van der Waals surface area contributed by atoms with Crippen molar-refractivity contribution in [2.24, 2.45) is 0 Å². The molecule has 0 N–H and O–H groups in total. The number of carbonyl (C=O) groups is 1. The Bertz CT molecular complexity index is 855. The zero-order chi connectivity index (χ0) is 19.2. The standard InChI is InChI=1S/C12H7F6N3O4/c1-2-25-10(22)20-6-3-5(11(13,14)15)4-7(21(23)24)8(6)19-9(20)12(16,17)18/h3-4H,2H2,1H3. The normalized spacial score (nSPS) is 12.4. The minimum absolute atomic E-state index is 0.0466. The van der Waals surface area contributed by atoms with Gasteiger partial charge in [0.25, 0.3) is 5.69 Å². The first-order valence-electron chi connectivity index (χ1n) is 6.40. The molecular weight excluding hydrogens is 364 g/mol. The van der Waals surface area contributed by atoms with Crippen LogP contribution in [0, 0.1) is 10.1 Å². The largest absolute Gasteiger partial charge is 0.450 e. The van der Waals surface area contributed by atoms with E-state index < -0.39 is 51.5 Å². The Morgan fingerprint density at radius 2 is 1.84 bits per heavy atom. The minimum Gasteiger partial charge on any atom is -0.449 e. The summed E-state index contributed by atoms with van der Waals surface area (Å²) >= 11 is 0. The predicted molar refractivity (Wildman–Crippen MR) is 68.8 cm³/mol. The zero-order valence-electron chi connectivity index (χ0n) is 12.1. The van der Waals surface area contributed by atoms with E-state index in [-0.39, 0.29) is 23.3 Å². The van der Waals surface area contributed by atoms with E-state index in [1.165, 1.54) is 6.92 Å². The lowest BCUT2D eigenvalue weighted by atomic mass is 10.1. The lowest BCUT2D eigenvalue weighted by molar-refractivity contribution is -0.383. The molecule has 0 saturated carbocycles. The summed E-state index contributed by atoms with van der Waals surface area (Å²) in [5.41, 5.74) is -4.98. The zero-order valence-corrected chi connectivity index (χ0v) is 12.1. The third-order valence-corrected chi connectivity index (χ3v) is 2.97. The number of aromatic nitrogens is 2. The van der Waals surface area contributed by atoms with Gasteiger partial charge in [0, 0.05) is 6.07 Å². The molecule has 7 nitrogen and oxygen atoms in total. The van der Waals surface area contributed by atoms with Gasteiger partial charge in [0.15, 0.2) is 5.52 Å². The molecule has 0 atom stereocenters. The molecular formula is C12H7F6N3O4. The second-order valence-electron chi connectivity index (χ2n) is 4.59. The monoisotopic (exact) mass is 371 g/mol. The van der Waals surface area contributed by atoms with E-state index in [1.54, 1.807) is 0 Å². The van der Waals surface area contributed by atoms with E-state index in [4.69, 9.17) is 0 Å². The Morgan fingerprint density at radius 1 is 1.24 bits per heavy atom. The number of ether oxygens (including phenoxy) is 1. The van der Waals surface area contributed by atoms with Crippen LogP contribution in [-0.2, 0) is 17.1 Å². The molecule has 136 valence electrons. The van der Waals surface area contributed by atoms with Crippen LogP contribution in [0.1, 0.15) is 18.3 Å². The van der Waals surface area contributed by atoms with Crippen molar-refractivity contribution in [2.45, 2.75) is 19.3 Å². The summed E-state index contributed by atoms with van der Waals surface area (Å²) < 4.78 is 82.0. The van der Waals surface area contributed by atoms with Gasteiger partial charge in [0.05, 0.1) is 22.6 Å². The average Bonchev–Trinajstić information content (AvgIpc) is 2.84. The van der Waals surface area contributed by atoms with Crippen molar-refractivity contribution in [3.63, 3.8) is 0 Å². The topological polar surface area (TPSA) is 87.3 Å². The number of nitrogens with zero attached hydrogens (tertiary/aromatic N) is 3. The molecule has 0 unspecified atom stereocenters. The molecule has 1 aromatic carbocycles. The van der Waals surface area contributed by atoms with Crippen LogP contribution < -0.4 is 0 Å². The van der Waals surface area contributed by atoms with Gasteiger partial charge >= 0.3 is 18.4 Å². The second-order valence-corrected chi connectivity index (χ2v) is 4.59. The lowest BCUT2D eigenvalue weighted by Gasteiger charge is -2.10. The number of halogens is 6. The van der Waals surface area contributed by atoms with Gasteiger partial charge in [-0.15, -0.1) is 0 Å². The van der Waals surface area contributed by atoms with E-state index in [2.05, 4.69) is 9.72 Å². The van der Waals surface area contributed by atoms with Crippen LogP contribution in [0.25, 0.3) is 11.0 Å². The van der Waals surface area contributed by atoms with Crippen LogP contribution in [0.5, 0.6) is 0 Å². The fourth-order valence-electron chi connectivity index (χ4n) is 2.03. The van der Waals surface area contributed by atoms with Crippen LogP contribution in [-0.4, -0.2) is 27.2 Å². The number of nitro groups is 1. The number of rotatable bonds is 2. The summed E-state index contributed by atoms with van der Waals surface area (Å²) in [6.45, 7) is 0.880. The molecule has 25 heavy (non-hydrogen) atoms. The highest BCUT2D eigenvalue weighted by Gasteiger charge is 2.42. The number of non-ortho nitro benzene ring substituents is 1. The SMILES string of the molecule is CCOC(=O)n1c(C(F)(F)F)nc2c([N+](=O)[O-])cc(C(F)(F)F)cc21. The molecule has 0 bridgehead atoms. The third kappa shape index (κ3) is 3.34. The Balaban J connectivity index is 2.97. The number of hydrogen-bond acceptors (Lipinski definition) is 5. The fraction of sp³-hybridized carbons (Fsp3) is 0.333. The first kappa shape index (κ1) is 18.5. The minimum atomic E-state index is -5.27. The number of carbonyl (C=O) groups excluding carboxylic acids is 1. The summed E-state index contributed by atoms with van der Waals surface area (Å²) in [7, 11) is 0. The molecule has 0 saturated heterocycles. The van der Waals surface area contributed by atoms with Crippen molar-refractivity contribution in [3.8, 4) is 0 Å². The first-order chi connectivity index (χ1) is 11.4. The molecule has 0 fully saturated rings.